The molecule has 0 spiro atoms. The summed E-state index contributed by atoms with van der Waals surface area (Å²) in [6.45, 7) is 0. The van der Waals surface area contributed by atoms with E-state index in [9.17, 15) is 14.9 Å². The molecule has 0 unspecified atom stereocenters. The first kappa shape index (κ1) is 14.6. The third-order valence-electron chi connectivity index (χ3n) is 4.64. The number of rotatable bonds is 1. The highest BCUT2D eigenvalue weighted by Gasteiger charge is 2.19. The Bertz CT molecular complexity index is 1000. The van der Waals surface area contributed by atoms with Gasteiger partial charge in [0.1, 0.15) is 5.58 Å². The molecule has 0 radical (unpaired) electrons. The van der Waals surface area contributed by atoms with Gasteiger partial charge in [-0.05, 0) is 47.9 Å². The van der Waals surface area contributed by atoms with Crippen molar-refractivity contribution < 1.29 is 9.34 Å². The lowest BCUT2D eigenvalue weighted by atomic mass is 9.94. The summed E-state index contributed by atoms with van der Waals surface area (Å²) in [4.78, 5) is 22.3. The molecule has 4 bridgehead atoms. The van der Waals surface area contributed by atoms with Crippen LogP contribution in [0.4, 0.5) is 5.69 Å². The van der Waals surface area contributed by atoms with Crippen LogP contribution < -0.4 is 5.63 Å². The van der Waals surface area contributed by atoms with Crippen LogP contribution in [-0.2, 0) is 25.7 Å². The molecule has 3 aromatic rings. The third-order valence-corrected chi connectivity index (χ3v) is 4.64. The van der Waals surface area contributed by atoms with Crippen LogP contribution in [-0.4, -0.2) is 4.92 Å². The molecule has 0 saturated heterocycles. The molecule has 0 saturated carbocycles. The Hall–Kier alpha value is -2.95. The maximum Gasteiger partial charge on any atom is 0.415 e. The average molecular weight is 321 g/mol. The van der Waals surface area contributed by atoms with Gasteiger partial charge in [-0.1, -0.05) is 36.4 Å². The smallest absolute Gasteiger partial charge is 0.415 e. The Labute approximate surface area is 137 Å². The first-order valence-electron chi connectivity index (χ1n) is 7.92. The predicted octanol–water partition coefficient (Wildman–Crippen LogP) is 3.59. The van der Waals surface area contributed by atoms with E-state index < -0.39 is 16.2 Å². The van der Waals surface area contributed by atoms with E-state index >= 15 is 0 Å². The van der Waals surface area contributed by atoms with Crippen LogP contribution in [0.2, 0.25) is 0 Å². The largest absolute Gasteiger partial charge is 0.417 e. The van der Waals surface area contributed by atoms with Crippen LogP contribution in [0.5, 0.6) is 0 Å². The van der Waals surface area contributed by atoms with E-state index in [1.807, 2.05) is 12.1 Å². The Balaban J connectivity index is 1.95. The zero-order valence-electron chi connectivity index (χ0n) is 13.0. The molecule has 7 rings (SSSR count). The summed E-state index contributed by atoms with van der Waals surface area (Å²) >= 11 is 0. The SMILES string of the molecule is O=c1oc2c3ccc(c2cc1[N+](=O)[O-])CCc1ccc(cc1)CC3. The average Bonchev–Trinajstić information content (AvgIpc) is 2.56. The lowest BCUT2D eigenvalue weighted by molar-refractivity contribution is -0.387. The van der Waals surface area contributed by atoms with Crippen LogP contribution in [0.15, 0.2) is 51.7 Å². The fourth-order valence-electron chi connectivity index (χ4n) is 3.28. The fourth-order valence-corrected chi connectivity index (χ4v) is 3.28. The molecule has 0 amide bonds. The maximum absolute atomic E-state index is 11.9. The minimum Gasteiger partial charge on any atom is -0.417 e. The summed E-state index contributed by atoms with van der Waals surface area (Å²) in [6, 6.07) is 13.9. The van der Waals surface area contributed by atoms with Crippen LogP contribution in [0.3, 0.4) is 0 Å². The maximum atomic E-state index is 11.9. The summed E-state index contributed by atoms with van der Waals surface area (Å²) in [5.41, 5.74) is 3.41. The van der Waals surface area contributed by atoms with Crippen molar-refractivity contribution in [2.75, 3.05) is 0 Å². The van der Waals surface area contributed by atoms with Gasteiger partial charge in [0.05, 0.1) is 4.92 Å². The zero-order chi connectivity index (χ0) is 16.7. The molecule has 24 heavy (non-hydrogen) atoms. The number of aryl methyl sites for hydroxylation is 4. The molecule has 0 atom stereocenters. The van der Waals surface area contributed by atoms with E-state index in [0.717, 1.165) is 36.8 Å². The first-order chi connectivity index (χ1) is 11.6. The molecule has 0 aliphatic heterocycles. The standard InChI is InChI=1S/C19H15NO4/c21-19-17(20(22)23)11-16-14-7-5-12-1-3-13(4-2-12)6-8-15(10-9-14)18(16)24-19/h1-4,9-11H,5-8H2. The summed E-state index contributed by atoms with van der Waals surface area (Å²) in [5, 5.41) is 11.8. The molecular formula is C19H15NO4. The second-order valence-corrected chi connectivity index (χ2v) is 6.12. The molecule has 4 aliphatic carbocycles. The van der Waals surface area contributed by atoms with Gasteiger partial charge in [-0.3, -0.25) is 10.1 Å². The molecule has 0 fully saturated rings. The van der Waals surface area contributed by atoms with E-state index in [2.05, 4.69) is 24.3 Å². The van der Waals surface area contributed by atoms with Crippen LogP contribution in [0.25, 0.3) is 11.0 Å². The predicted molar refractivity (Wildman–Crippen MR) is 90.4 cm³/mol. The van der Waals surface area contributed by atoms with E-state index in [4.69, 9.17) is 4.42 Å². The van der Waals surface area contributed by atoms with Crippen molar-refractivity contribution in [2.45, 2.75) is 25.7 Å². The van der Waals surface area contributed by atoms with E-state index in [0.29, 0.717) is 11.0 Å². The number of hydrogen-bond donors (Lipinski definition) is 0. The van der Waals surface area contributed by atoms with Gasteiger partial charge in [-0.15, -0.1) is 0 Å². The minimum atomic E-state index is -0.888. The van der Waals surface area contributed by atoms with Crippen molar-refractivity contribution in [3.63, 3.8) is 0 Å². The molecular weight excluding hydrogens is 306 g/mol. The number of benzene rings is 2. The minimum absolute atomic E-state index is 0.484. The lowest BCUT2D eigenvalue weighted by Gasteiger charge is -2.12. The molecule has 1 heterocycles. The number of nitro groups is 1. The van der Waals surface area contributed by atoms with Gasteiger partial charge in [-0.25, -0.2) is 4.79 Å². The van der Waals surface area contributed by atoms with Crippen LogP contribution in [0.1, 0.15) is 22.3 Å². The molecule has 2 aromatic carbocycles. The molecule has 1 aromatic heterocycles. The number of hydrogen-bond acceptors (Lipinski definition) is 4. The second kappa shape index (κ2) is 5.60. The monoisotopic (exact) mass is 321 g/mol. The van der Waals surface area contributed by atoms with Crippen molar-refractivity contribution in [1.29, 1.82) is 0 Å². The van der Waals surface area contributed by atoms with E-state index in [1.54, 1.807) is 0 Å². The summed E-state index contributed by atoms with van der Waals surface area (Å²) in [7, 11) is 0. The van der Waals surface area contributed by atoms with Gasteiger partial charge in [0.2, 0.25) is 0 Å². The third kappa shape index (κ3) is 2.48. The fraction of sp³-hybridized carbons (Fsp3) is 0.211. The van der Waals surface area contributed by atoms with Crippen LogP contribution in [0, 0.1) is 10.1 Å². The Morgan fingerprint density at radius 3 is 2.08 bits per heavy atom. The normalized spacial score (nSPS) is 13.7. The zero-order valence-corrected chi connectivity index (χ0v) is 13.0. The summed E-state index contributed by atoms with van der Waals surface area (Å²) in [5.74, 6) is 0. The highest BCUT2D eigenvalue weighted by atomic mass is 16.6. The molecule has 5 heteroatoms. The van der Waals surface area contributed by atoms with Crippen molar-refractivity contribution in [3.05, 3.63) is 85.3 Å². The van der Waals surface area contributed by atoms with Crippen molar-refractivity contribution >= 4 is 16.7 Å². The molecule has 4 aliphatic rings. The Morgan fingerprint density at radius 1 is 0.875 bits per heavy atom. The van der Waals surface area contributed by atoms with Gasteiger partial charge in [0.25, 0.3) is 0 Å². The van der Waals surface area contributed by atoms with E-state index in [1.165, 1.54) is 17.2 Å². The van der Waals surface area contributed by atoms with Gasteiger partial charge in [0, 0.05) is 11.5 Å². The van der Waals surface area contributed by atoms with Crippen LogP contribution >= 0.6 is 0 Å². The molecule has 5 nitrogen and oxygen atoms in total. The molecule has 0 N–H and O–H groups in total. The lowest BCUT2D eigenvalue weighted by Crippen LogP contribution is -2.08. The molecule has 120 valence electrons. The highest BCUT2D eigenvalue weighted by molar-refractivity contribution is 5.85. The first-order valence-corrected chi connectivity index (χ1v) is 7.92. The van der Waals surface area contributed by atoms with E-state index in [-0.39, 0.29) is 0 Å². The van der Waals surface area contributed by atoms with Crippen molar-refractivity contribution in [2.24, 2.45) is 0 Å². The van der Waals surface area contributed by atoms with Gasteiger partial charge < -0.3 is 4.42 Å². The summed E-state index contributed by atoms with van der Waals surface area (Å²) < 4.78 is 5.35. The highest BCUT2D eigenvalue weighted by Crippen LogP contribution is 2.27. The van der Waals surface area contributed by atoms with Crippen molar-refractivity contribution in [3.8, 4) is 0 Å². The topological polar surface area (TPSA) is 73.3 Å². The Morgan fingerprint density at radius 2 is 1.46 bits per heavy atom. The van der Waals surface area contributed by atoms with Gasteiger partial charge >= 0.3 is 11.3 Å². The number of nitrogens with zero attached hydrogens (tertiary/aromatic N) is 1. The van der Waals surface area contributed by atoms with Crippen molar-refractivity contribution in [1.82, 2.24) is 0 Å². The van der Waals surface area contributed by atoms with Gasteiger partial charge in [-0.2, -0.15) is 0 Å². The second-order valence-electron chi connectivity index (χ2n) is 6.12. The Kier molecular flexibility index (Phi) is 3.41. The van der Waals surface area contributed by atoms with Gasteiger partial charge in [0.15, 0.2) is 0 Å². The quantitative estimate of drug-likeness (QED) is 0.390. The summed E-state index contributed by atoms with van der Waals surface area (Å²) in [6.07, 6.45) is 3.12.